The van der Waals surface area contributed by atoms with Crippen LogP contribution in [0.15, 0.2) is 27.7 Å². The fraction of sp³-hybridized carbons (Fsp3) is 0.588. The second kappa shape index (κ2) is 8.64. The first kappa shape index (κ1) is 18.2. The summed E-state index contributed by atoms with van der Waals surface area (Å²) in [6, 6.07) is 4.87. The lowest BCUT2D eigenvalue weighted by molar-refractivity contribution is 0.0732. The Morgan fingerprint density at radius 2 is 2.13 bits per heavy atom. The third-order valence-electron chi connectivity index (χ3n) is 4.49. The number of rotatable bonds is 7. The van der Waals surface area contributed by atoms with Gasteiger partial charge in [0.15, 0.2) is 5.96 Å². The van der Waals surface area contributed by atoms with Crippen LogP contribution in [0.4, 0.5) is 4.39 Å². The molecule has 1 aromatic rings. The lowest BCUT2D eigenvalue weighted by Gasteiger charge is -2.42. The Labute approximate surface area is 146 Å². The first-order valence-corrected chi connectivity index (χ1v) is 8.75. The highest BCUT2D eigenvalue weighted by Crippen LogP contribution is 2.43. The number of halogens is 2. The standard InChI is InChI=1S/C17H25BrFN3O/c1-20-16(21-11-13-8-14(18)10-15(19)9-13)22-12-17(4-3-5-17)6-7-23-2/h8-10H,3-7,11-12H2,1-2H3,(H2,20,21,22). The topological polar surface area (TPSA) is 45.7 Å². The van der Waals surface area contributed by atoms with Gasteiger partial charge >= 0.3 is 0 Å². The Bertz CT molecular complexity index is 526. The fourth-order valence-electron chi connectivity index (χ4n) is 2.90. The molecular formula is C17H25BrFN3O. The van der Waals surface area contributed by atoms with Gasteiger partial charge in [0.2, 0.25) is 0 Å². The Kier molecular flexibility index (Phi) is 6.84. The van der Waals surface area contributed by atoms with Crippen molar-refractivity contribution >= 4 is 21.9 Å². The van der Waals surface area contributed by atoms with Crippen LogP contribution in [0.2, 0.25) is 0 Å². The van der Waals surface area contributed by atoms with Crippen molar-refractivity contribution in [2.24, 2.45) is 10.4 Å². The van der Waals surface area contributed by atoms with E-state index in [0.29, 0.717) is 12.0 Å². The third kappa shape index (κ3) is 5.46. The molecule has 1 fully saturated rings. The number of benzene rings is 1. The number of methoxy groups -OCH3 is 1. The van der Waals surface area contributed by atoms with E-state index in [1.165, 1.54) is 31.4 Å². The summed E-state index contributed by atoms with van der Waals surface area (Å²) in [4.78, 5) is 4.25. The van der Waals surface area contributed by atoms with E-state index in [0.717, 1.165) is 35.6 Å². The maximum Gasteiger partial charge on any atom is 0.191 e. The van der Waals surface area contributed by atoms with Crippen LogP contribution in [0.5, 0.6) is 0 Å². The highest BCUT2D eigenvalue weighted by atomic mass is 79.9. The molecule has 0 bridgehead atoms. The van der Waals surface area contributed by atoms with E-state index in [-0.39, 0.29) is 5.82 Å². The van der Waals surface area contributed by atoms with Crippen molar-refractivity contribution in [1.29, 1.82) is 0 Å². The normalized spacial score (nSPS) is 16.8. The van der Waals surface area contributed by atoms with Gasteiger partial charge in [0.1, 0.15) is 5.82 Å². The Balaban J connectivity index is 1.83. The van der Waals surface area contributed by atoms with Gasteiger partial charge in [-0.3, -0.25) is 4.99 Å². The van der Waals surface area contributed by atoms with Gasteiger partial charge in [0.25, 0.3) is 0 Å². The molecule has 0 radical (unpaired) electrons. The highest BCUT2D eigenvalue weighted by molar-refractivity contribution is 9.10. The molecule has 1 aliphatic carbocycles. The molecule has 2 rings (SSSR count). The van der Waals surface area contributed by atoms with E-state index in [1.54, 1.807) is 14.2 Å². The molecule has 0 spiro atoms. The average Bonchev–Trinajstić information content (AvgIpc) is 2.47. The monoisotopic (exact) mass is 385 g/mol. The highest BCUT2D eigenvalue weighted by Gasteiger charge is 2.36. The van der Waals surface area contributed by atoms with Crippen LogP contribution in [0.1, 0.15) is 31.2 Å². The molecular weight excluding hydrogens is 361 g/mol. The second-order valence-electron chi connectivity index (χ2n) is 6.15. The van der Waals surface area contributed by atoms with Crippen molar-refractivity contribution in [2.75, 3.05) is 27.3 Å². The van der Waals surface area contributed by atoms with E-state index in [4.69, 9.17) is 4.74 Å². The van der Waals surface area contributed by atoms with E-state index in [2.05, 4.69) is 31.6 Å². The fourth-order valence-corrected chi connectivity index (χ4v) is 3.41. The maximum atomic E-state index is 13.4. The van der Waals surface area contributed by atoms with Gasteiger partial charge in [0.05, 0.1) is 0 Å². The average molecular weight is 386 g/mol. The number of ether oxygens (including phenoxy) is 1. The van der Waals surface area contributed by atoms with Crippen LogP contribution in [0.3, 0.4) is 0 Å². The zero-order chi connectivity index (χ0) is 16.7. The van der Waals surface area contributed by atoms with Crippen LogP contribution in [-0.4, -0.2) is 33.3 Å². The molecule has 6 heteroatoms. The van der Waals surface area contributed by atoms with Crippen molar-refractivity contribution < 1.29 is 9.13 Å². The molecule has 0 heterocycles. The van der Waals surface area contributed by atoms with Crippen molar-refractivity contribution in [1.82, 2.24) is 10.6 Å². The molecule has 1 aromatic carbocycles. The molecule has 0 unspecified atom stereocenters. The predicted molar refractivity (Wildman–Crippen MR) is 95.1 cm³/mol. The molecule has 1 aliphatic rings. The zero-order valence-corrected chi connectivity index (χ0v) is 15.4. The molecule has 1 saturated carbocycles. The third-order valence-corrected chi connectivity index (χ3v) is 4.95. The minimum atomic E-state index is -0.243. The van der Waals surface area contributed by atoms with Gasteiger partial charge in [-0.2, -0.15) is 0 Å². The molecule has 0 aromatic heterocycles. The minimum Gasteiger partial charge on any atom is -0.385 e. The van der Waals surface area contributed by atoms with Gasteiger partial charge in [-0.25, -0.2) is 4.39 Å². The van der Waals surface area contributed by atoms with E-state index >= 15 is 0 Å². The second-order valence-corrected chi connectivity index (χ2v) is 7.07. The Hall–Kier alpha value is -1.14. The molecule has 23 heavy (non-hydrogen) atoms. The molecule has 4 nitrogen and oxygen atoms in total. The van der Waals surface area contributed by atoms with Crippen molar-refractivity contribution in [3.8, 4) is 0 Å². The van der Waals surface area contributed by atoms with E-state index in [1.807, 2.05) is 6.07 Å². The summed E-state index contributed by atoms with van der Waals surface area (Å²) in [5, 5.41) is 6.64. The Morgan fingerprint density at radius 3 is 2.70 bits per heavy atom. The van der Waals surface area contributed by atoms with Crippen LogP contribution in [-0.2, 0) is 11.3 Å². The first-order valence-electron chi connectivity index (χ1n) is 7.95. The summed E-state index contributed by atoms with van der Waals surface area (Å²) in [5.74, 6) is 0.501. The van der Waals surface area contributed by atoms with Gasteiger partial charge in [0, 0.05) is 38.3 Å². The lowest BCUT2D eigenvalue weighted by atomic mass is 9.67. The summed E-state index contributed by atoms with van der Waals surface area (Å²) < 4.78 is 19.4. The first-order chi connectivity index (χ1) is 11.1. The molecule has 0 aliphatic heterocycles. The van der Waals surface area contributed by atoms with Crippen molar-refractivity contribution in [2.45, 2.75) is 32.2 Å². The number of hydrogen-bond acceptors (Lipinski definition) is 2. The smallest absolute Gasteiger partial charge is 0.191 e. The van der Waals surface area contributed by atoms with Gasteiger partial charge in [-0.1, -0.05) is 22.4 Å². The van der Waals surface area contributed by atoms with Crippen LogP contribution in [0, 0.1) is 11.2 Å². The largest absolute Gasteiger partial charge is 0.385 e. The molecule has 0 atom stereocenters. The van der Waals surface area contributed by atoms with Gasteiger partial charge < -0.3 is 15.4 Å². The van der Waals surface area contributed by atoms with E-state index in [9.17, 15) is 4.39 Å². The summed E-state index contributed by atoms with van der Waals surface area (Å²) in [5.41, 5.74) is 1.20. The number of nitrogens with one attached hydrogen (secondary N) is 2. The van der Waals surface area contributed by atoms with Crippen LogP contribution < -0.4 is 10.6 Å². The minimum absolute atomic E-state index is 0.243. The van der Waals surface area contributed by atoms with Crippen molar-refractivity contribution in [3.05, 3.63) is 34.1 Å². The maximum absolute atomic E-state index is 13.4. The number of hydrogen-bond donors (Lipinski definition) is 2. The van der Waals surface area contributed by atoms with Gasteiger partial charge in [-0.05, 0) is 48.4 Å². The SMILES string of the molecule is CN=C(NCc1cc(F)cc(Br)c1)NCC1(CCOC)CCC1. The van der Waals surface area contributed by atoms with Gasteiger partial charge in [-0.15, -0.1) is 0 Å². The summed E-state index contributed by atoms with van der Waals surface area (Å²) >= 11 is 3.31. The zero-order valence-electron chi connectivity index (χ0n) is 13.8. The molecule has 0 amide bonds. The van der Waals surface area contributed by atoms with Crippen LogP contribution >= 0.6 is 15.9 Å². The summed E-state index contributed by atoms with van der Waals surface area (Å²) in [7, 11) is 3.50. The lowest BCUT2D eigenvalue weighted by Crippen LogP contribution is -2.46. The number of guanidine groups is 1. The quantitative estimate of drug-likeness (QED) is 0.557. The predicted octanol–water partition coefficient (Wildman–Crippen LogP) is 3.46. The Morgan fingerprint density at radius 1 is 1.35 bits per heavy atom. The molecule has 128 valence electrons. The summed E-state index contributed by atoms with van der Waals surface area (Å²) in [6.45, 7) is 2.22. The van der Waals surface area contributed by atoms with E-state index < -0.39 is 0 Å². The summed E-state index contributed by atoms with van der Waals surface area (Å²) in [6.07, 6.45) is 4.83. The van der Waals surface area contributed by atoms with Crippen molar-refractivity contribution in [3.63, 3.8) is 0 Å². The number of aliphatic imine (C=N–C) groups is 1. The number of nitrogens with zero attached hydrogens (tertiary/aromatic N) is 1. The molecule has 0 saturated heterocycles. The van der Waals surface area contributed by atoms with Crippen LogP contribution in [0.25, 0.3) is 0 Å². The molecule has 2 N–H and O–H groups in total.